The second kappa shape index (κ2) is 7.10. The van der Waals surface area contributed by atoms with E-state index in [-0.39, 0.29) is 60.0 Å². The fourth-order valence-electron chi connectivity index (χ4n) is 2.10. The Morgan fingerprint density at radius 2 is 1.00 bits per heavy atom. The van der Waals surface area contributed by atoms with Crippen LogP contribution in [0.4, 0.5) is 0 Å². The molecule has 2 aromatic carbocycles. The summed E-state index contributed by atoms with van der Waals surface area (Å²) >= 11 is 0. The Labute approximate surface area is 156 Å². The normalized spacial score (nSPS) is 10.4. The number of hydrogen-bond acceptors (Lipinski definition) is 4. The van der Waals surface area contributed by atoms with E-state index in [0.717, 1.165) is 0 Å². The molecule has 0 saturated carbocycles. The summed E-state index contributed by atoms with van der Waals surface area (Å²) in [6.45, 7) is 0. The van der Waals surface area contributed by atoms with Gasteiger partial charge in [0, 0.05) is 0 Å². The monoisotopic (exact) mass is 392 g/mol. The number of aliphatic carboxylic acids is 2. The van der Waals surface area contributed by atoms with E-state index in [1.165, 1.54) is 24.3 Å². The first-order valence-electron chi connectivity index (χ1n) is 5.64. The Morgan fingerprint density at radius 3 is 1.25 bits per heavy atom. The maximum absolute atomic E-state index is 11.5. The topological polar surface area (TPSA) is 80.3 Å². The molecule has 4 nitrogen and oxygen atoms in total. The molecular weight excluding hydrogens is 381 g/mol. The maximum atomic E-state index is 11.5. The molecule has 0 spiro atoms. The zero-order valence-electron chi connectivity index (χ0n) is 10.6. The van der Waals surface area contributed by atoms with Gasteiger partial charge in [-0.1, -0.05) is 60.7 Å². The first-order chi connectivity index (χ1) is 9.10. The molecule has 2 rings (SSSR count). The molecule has 0 N–H and O–H groups in total. The number of hydrogen-bond donors (Lipinski definition) is 0. The molecule has 0 unspecified atom stereocenters. The van der Waals surface area contributed by atoms with E-state index in [0.29, 0.717) is 0 Å². The van der Waals surface area contributed by atoms with Crippen LogP contribution in [0.5, 0.6) is 0 Å². The minimum Gasteiger partial charge on any atom is -0.548 e. The molecule has 0 heterocycles. The Kier molecular flexibility index (Phi) is 6.04. The van der Waals surface area contributed by atoms with Crippen LogP contribution in [0.3, 0.4) is 0 Å². The molecule has 0 aliphatic carbocycles. The minimum absolute atomic E-state index is 0. The van der Waals surface area contributed by atoms with Gasteiger partial charge >= 0.3 is 48.9 Å². The van der Waals surface area contributed by atoms with Gasteiger partial charge in [-0.25, -0.2) is 0 Å². The fourth-order valence-corrected chi connectivity index (χ4v) is 2.10. The van der Waals surface area contributed by atoms with Crippen molar-refractivity contribution in [3.05, 3.63) is 71.8 Å². The number of benzene rings is 2. The molecule has 0 radical (unpaired) electrons. The Morgan fingerprint density at radius 1 is 0.700 bits per heavy atom. The minimum atomic E-state index is -2.30. The third kappa shape index (κ3) is 2.84. The largest absolute Gasteiger partial charge is 2.00 e. The van der Waals surface area contributed by atoms with Gasteiger partial charge < -0.3 is 19.8 Å². The van der Waals surface area contributed by atoms with Crippen LogP contribution in [0, 0.1) is 0 Å². The van der Waals surface area contributed by atoms with Crippen molar-refractivity contribution < 1.29 is 19.8 Å². The molecule has 0 bridgehead atoms. The van der Waals surface area contributed by atoms with E-state index in [1.807, 2.05) is 0 Å². The predicted octanol–water partition coefficient (Wildman–Crippen LogP) is -0.908. The number of carbonyl (C=O) groups excluding carboxylic acids is 2. The summed E-state index contributed by atoms with van der Waals surface area (Å²) in [6, 6.07) is 15.3. The summed E-state index contributed by atoms with van der Waals surface area (Å²) in [7, 11) is 0. The molecule has 2 aromatic rings. The van der Waals surface area contributed by atoms with Crippen molar-refractivity contribution in [1.29, 1.82) is 0 Å². The molecular formula is C15H10BaO4. The summed E-state index contributed by atoms with van der Waals surface area (Å²) < 4.78 is 0. The van der Waals surface area contributed by atoms with Gasteiger partial charge in [-0.15, -0.1) is 0 Å². The van der Waals surface area contributed by atoms with Crippen LogP contribution in [-0.2, 0) is 15.0 Å². The van der Waals surface area contributed by atoms with E-state index in [9.17, 15) is 19.8 Å². The van der Waals surface area contributed by atoms with Gasteiger partial charge in [0.2, 0.25) is 0 Å². The van der Waals surface area contributed by atoms with Gasteiger partial charge in [0.25, 0.3) is 0 Å². The van der Waals surface area contributed by atoms with E-state index >= 15 is 0 Å². The van der Waals surface area contributed by atoms with Crippen LogP contribution in [0.25, 0.3) is 0 Å². The van der Waals surface area contributed by atoms with Crippen molar-refractivity contribution in [2.45, 2.75) is 5.41 Å². The third-order valence-electron chi connectivity index (χ3n) is 3.03. The van der Waals surface area contributed by atoms with Crippen molar-refractivity contribution in [2.75, 3.05) is 0 Å². The second-order valence-corrected chi connectivity index (χ2v) is 4.06. The summed E-state index contributed by atoms with van der Waals surface area (Å²) in [5.41, 5.74) is -2.11. The average Bonchev–Trinajstić information content (AvgIpc) is 2.41. The fraction of sp³-hybridized carbons (Fsp3) is 0.0667. The molecule has 0 amide bonds. The molecule has 0 aliphatic heterocycles. The second-order valence-electron chi connectivity index (χ2n) is 4.06. The first kappa shape index (κ1) is 17.0. The van der Waals surface area contributed by atoms with Crippen LogP contribution in [-0.4, -0.2) is 60.8 Å². The van der Waals surface area contributed by atoms with Crippen molar-refractivity contribution in [2.24, 2.45) is 0 Å². The zero-order valence-corrected chi connectivity index (χ0v) is 15.1. The van der Waals surface area contributed by atoms with Crippen molar-refractivity contribution in [1.82, 2.24) is 0 Å². The van der Waals surface area contributed by atoms with E-state index in [1.54, 1.807) is 36.4 Å². The van der Waals surface area contributed by atoms with Crippen molar-refractivity contribution in [3.8, 4) is 0 Å². The van der Waals surface area contributed by atoms with E-state index in [2.05, 4.69) is 0 Å². The van der Waals surface area contributed by atoms with Crippen LogP contribution in [0.15, 0.2) is 60.7 Å². The van der Waals surface area contributed by atoms with Crippen LogP contribution in [0.1, 0.15) is 11.1 Å². The summed E-state index contributed by atoms with van der Waals surface area (Å²) in [5.74, 6) is -3.44. The number of carbonyl (C=O) groups is 2. The van der Waals surface area contributed by atoms with Crippen LogP contribution >= 0.6 is 0 Å². The standard InChI is InChI=1S/C15H12O4.Ba/c16-13(17)15(14(18)19,11-7-3-1-4-8-11)12-9-5-2-6-10-12;/h1-10H,(H,16,17)(H,18,19);/q;+2/p-2. The Bertz CT molecular complexity index is 540. The van der Waals surface area contributed by atoms with Crippen LogP contribution < -0.4 is 10.2 Å². The third-order valence-corrected chi connectivity index (χ3v) is 3.03. The van der Waals surface area contributed by atoms with E-state index < -0.39 is 17.4 Å². The zero-order chi connectivity index (χ0) is 13.9. The number of rotatable bonds is 4. The molecule has 0 aliphatic rings. The van der Waals surface area contributed by atoms with Gasteiger partial charge in [-0.3, -0.25) is 0 Å². The molecule has 0 saturated heterocycles. The van der Waals surface area contributed by atoms with Gasteiger partial charge in [0.1, 0.15) is 0 Å². The predicted molar refractivity (Wildman–Crippen MR) is 69.4 cm³/mol. The Balaban J connectivity index is 0.00000200. The van der Waals surface area contributed by atoms with Gasteiger partial charge in [0.15, 0.2) is 0 Å². The summed E-state index contributed by atoms with van der Waals surface area (Å²) in [4.78, 5) is 23.1. The molecule has 0 atom stereocenters. The summed E-state index contributed by atoms with van der Waals surface area (Å²) in [5, 5.41) is 23.1. The number of carboxylic acids is 2. The van der Waals surface area contributed by atoms with Crippen molar-refractivity contribution in [3.63, 3.8) is 0 Å². The smallest absolute Gasteiger partial charge is 0.548 e. The molecule has 20 heavy (non-hydrogen) atoms. The maximum Gasteiger partial charge on any atom is 2.00 e. The molecule has 0 fully saturated rings. The first-order valence-corrected chi connectivity index (χ1v) is 5.64. The van der Waals surface area contributed by atoms with Gasteiger partial charge in [-0.05, 0) is 11.1 Å². The Hall–Kier alpha value is -1.05. The molecule has 96 valence electrons. The van der Waals surface area contributed by atoms with Crippen molar-refractivity contribution >= 4 is 60.8 Å². The number of carboxylic acid groups (broad SMARTS) is 2. The molecule has 5 heteroatoms. The van der Waals surface area contributed by atoms with E-state index in [4.69, 9.17) is 0 Å². The quantitative estimate of drug-likeness (QED) is 0.499. The SMILES string of the molecule is O=C([O-])C(C(=O)[O-])(c1ccccc1)c1ccccc1.[Ba+2]. The summed E-state index contributed by atoms with van der Waals surface area (Å²) in [6.07, 6.45) is 0. The van der Waals surface area contributed by atoms with Gasteiger partial charge in [-0.2, -0.15) is 0 Å². The van der Waals surface area contributed by atoms with Gasteiger partial charge in [0.05, 0.1) is 17.4 Å². The average molecular weight is 392 g/mol. The van der Waals surface area contributed by atoms with Crippen LogP contribution in [0.2, 0.25) is 0 Å². The molecule has 0 aromatic heterocycles.